The van der Waals surface area contributed by atoms with E-state index in [0.717, 1.165) is 0 Å². The third-order valence-electron chi connectivity index (χ3n) is 4.16. The first kappa shape index (κ1) is 30.6. The summed E-state index contributed by atoms with van der Waals surface area (Å²) in [6.07, 6.45) is 0. The Morgan fingerprint density at radius 3 is 0.879 bits per heavy atom. The zero-order chi connectivity index (χ0) is 25.3. The van der Waals surface area contributed by atoms with E-state index in [1.165, 1.54) is 0 Å². The van der Waals surface area contributed by atoms with Crippen molar-refractivity contribution in [2.75, 3.05) is 79.3 Å². The Kier molecular flexibility index (Phi) is 15.1. The van der Waals surface area contributed by atoms with Crippen LogP contribution in [0, 0.1) is 10.8 Å². The Morgan fingerprint density at radius 2 is 0.697 bits per heavy atom. The molecular weight excluding hydrogens is 456 g/mol. The fourth-order valence-corrected chi connectivity index (χ4v) is 2.12. The van der Waals surface area contributed by atoms with Crippen LogP contribution in [0.4, 0.5) is 0 Å². The predicted octanol–water partition coefficient (Wildman–Crippen LogP) is -4.90. The number of carbonyl (C=O) groups is 4. The Morgan fingerprint density at radius 1 is 0.455 bits per heavy atom. The average molecular weight is 486 g/mol. The molecule has 0 atom stereocenters. The molecule has 0 saturated carbocycles. The smallest absolute Gasteiger partial charge is 0.331 e. The van der Waals surface area contributed by atoms with Crippen LogP contribution in [0.1, 0.15) is 0 Å². The quantitative estimate of drug-likeness (QED) is 0.0786. The van der Waals surface area contributed by atoms with Crippen LogP contribution in [0.15, 0.2) is 0 Å². The Labute approximate surface area is 188 Å². The summed E-state index contributed by atoms with van der Waals surface area (Å²) in [5.74, 6) is -4.17. The predicted molar refractivity (Wildman–Crippen MR) is 102 cm³/mol. The molecule has 0 fully saturated rings. The SMILES string of the molecule is O=C(CO)OCC(CO)(COCC(CO)(COC(=O)CO)COC(=O)CO)COC(=O)CO. The van der Waals surface area contributed by atoms with Gasteiger partial charge < -0.3 is 54.3 Å². The van der Waals surface area contributed by atoms with Crippen LogP contribution in [-0.2, 0) is 42.9 Å². The molecule has 0 aliphatic carbocycles. The van der Waals surface area contributed by atoms with Gasteiger partial charge in [0, 0.05) is 0 Å². The number of hydrogen-bond acceptors (Lipinski definition) is 15. The van der Waals surface area contributed by atoms with Gasteiger partial charge in [-0.1, -0.05) is 0 Å². The summed E-state index contributed by atoms with van der Waals surface area (Å²) < 4.78 is 24.6. The highest BCUT2D eigenvalue weighted by Crippen LogP contribution is 2.24. The number of carbonyl (C=O) groups excluding carboxylic acids is 4. The number of aliphatic hydroxyl groups excluding tert-OH is 6. The van der Waals surface area contributed by atoms with Crippen LogP contribution >= 0.6 is 0 Å². The van der Waals surface area contributed by atoms with Crippen LogP contribution < -0.4 is 0 Å². The second-order valence-corrected chi connectivity index (χ2v) is 7.08. The van der Waals surface area contributed by atoms with Gasteiger partial charge in [-0.15, -0.1) is 0 Å². The molecule has 6 N–H and O–H groups in total. The molecule has 0 bridgehead atoms. The number of aliphatic hydroxyl groups is 6. The monoisotopic (exact) mass is 486 g/mol. The molecule has 0 aliphatic heterocycles. The number of ether oxygens (including phenoxy) is 5. The van der Waals surface area contributed by atoms with Crippen molar-refractivity contribution in [2.24, 2.45) is 10.8 Å². The second-order valence-electron chi connectivity index (χ2n) is 7.08. The Bertz CT molecular complexity index is 528. The van der Waals surface area contributed by atoms with E-state index in [9.17, 15) is 29.4 Å². The minimum atomic E-state index is -1.56. The van der Waals surface area contributed by atoms with E-state index >= 15 is 0 Å². The van der Waals surface area contributed by atoms with Crippen molar-refractivity contribution in [2.45, 2.75) is 0 Å². The van der Waals surface area contributed by atoms with Crippen molar-refractivity contribution in [3.8, 4) is 0 Å². The van der Waals surface area contributed by atoms with E-state index in [2.05, 4.69) is 0 Å². The summed E-state index contributed by atoms with van der Waals surface area (Å²) in [4.78, 5) is 45.2. The summed E-state index contributed by atoms with van der Waals surface area (Å²) in [6.45, 7) is -8.62. The van der Waals surface area contributed by atoms with Crippen LogP contribution in [0.5, 0.6) is 0 Å². The first-order chi connectivity index (χ1) is 15.6. The highest BCUT2D eigenvalue weighted by atomic mass is 16.6. The molecule has 0 saturated heterocycles. The second kappa shape index (κ2) is 16.2. The van der Waals surface area contributed by atoms with E-state index in [1.807, 2.05) is 0 Å². The van der Waals surface area contributed by atoms with Crippen LogP contribution in [-0.4, -0.2) is 134 Å². The molecule has 0 amide bonds. The van der Waals surface area contributed by atoms with Crippen molar-refractivity contribution in [3.05, 3.63) is 0 Å². The van der Waals surface area contributed by atoms with E-state index in [0.29, 0.717) is 0 Å². The van der Waals surface area contributed by atoms with Crippen molar-refractivity contribution in [1.29, 1.82) is 0 Å². The van der Waals surface area contributed by atoms with Gasteiger partial charge in [0.2, 0.25) is 0 Å². The first-order valence-electron chi connectivity index (χ1n) is 9.51. The maximum atomic E-state index is 11.3. The van der Waals surface area contributed by atoms with Crippen molar-refractivity contribution >= 4 is 23.9 Å². The normalized spacial score (nSPS) is 11.6. The lowest BCUT2D eigenvalue weighted by Gasteiger charge is -2.34. The van der Waals surface area contributed by atoms with Gasteiger partial charge in [-0.2, -0.15) is 0 Å². The maximum absolute atomic E-state index is 11.3. The summed E-state index contributed by atoms with van der Waals surface area (Å²) in [5.41, 5.74) is -3.11. The fraction of sp³-hybridized carbons (Fsp3) is 0.778. The zero-order valence-corrected chi connectivity index (χ0v) is 17.8. The van der Waals surface area contributed by atoms with E-state index in [4.69, 9.17) is 44.1 Å². The molecular formula is C18H30O15. The molecule has 192 valence electrons. The molecule has 0 heterocycles. The fourth-order valence-electron chi connectivity index (χ4n) is 2.12. The number of rotatable bonds is 18. The van der Waals surface area contributed by atoms with E-state index < -0.39 is 114 Å². The molecule has 15 nitrogen and oxygen atoms in total. The topological polar surface area (TPSA) is 236 Å². The van der Waals surface area contributed by atoms with Gasteiger partial charge in [0.1, 0.15) is 52.9 Å². The minimum absolute atomic E-state index is 0.482. The Balaban J connectivity index is 5.43. The molecule has 0 spiro atoms. The average Bonchev–Trinajstić information content (AvgIpc) is 2.85. The van der Waals surface area contributed by atoms with E-state index in [-0.39, 0.29) is 0 Å². The lowest BCUT2D eigenvalue weighted by atomic mass is 9.90. The molecule has 0 aromatic rings. The summed E-state index contributed by atoms with van der Waals surface area (Å²) in [5, 5.41) is 54.8. The van der Waals surface area contributed by atoms with Crippen LogP contribution in [0.3, 0.4) is 0 Å². The number of hydrogen-bond donors (Lipinski definition) is 6. The van der Waals surface area contributed by atoms with Gasteiger partial charge in [-0.3, -0.25) is 0 Å². The van der Waals surface area contributed by atoms with Crippen molar-refractivity contribution < 1.29 is 73.5 Å². The molecule has 0 aromatic carbocycles. The molecule has 0 aliphatic rings. The molecule has 15 heteroatoms. The summed E-state index contributed by atoms with van der Waals surface area (Å²) >= 11 is 0. The molecule has 0 rings (SSSR count). The van der Waals surface area contributed by atoms with Gasteiger partial charge in [0.25, 0.3) is 0 Å². The lowest BCUT2D eigenvalue weighted by molar-refractivity contribution is -0.171. The molecule has 33 heavy (non-hydrogen) atoms. The number of esters is 4. The van der Waals surface area contributed by atoms with Gasteiger partial charge in [0.05, 0.1) is 37.3 Å². The first-order valence-corrected chi connectivity index (χ1v) is 9.51. The largest absolute Gasteiger partial charge is 0.463 e. The van der Waals surface area contributed by atoms with Crippen LogP contribution in [0.25, 0.3) is 0 Å². The van der Waals surface area contributed by atoms with Gasteiger partial charge in [0.15, 0.2) is 0 Å². The standard InChI is InChI=1S/C18H30O15/c19-1-13(25)30-9-17(5-23,10-31-14(26)2-20)7-29-8-18(6-24,11-32-15(27)3-21)12-33-16(28)4-22/h19-24H,1-12H2. The third kappa shape index (κ3) is 11.9. The third-order valence-corrected chi connectivity index (χ3v) is 4.16. The Hall–Kier alpha value is -2.40. The maximum Gasteiger partial charge on any atom is 0.331 e. The van der Waals surface area contributed by atoms with Gasteiger partial charge in [-0.25, -0.2) is 19.2 Å². The molecule has 0 unspecified atom stereocenters. The summed E-state index contributed by atoms with van der Waals surface area (Å²) in [6, 6.07) is 0. The summed E-state index contributed by atoms with van der Waals surface area (Å²) in [7, 11) is 0. The van der Waals surface area contributed by atoms with Crippen molar-refractivity contribution in [3.63, 3.8) is 0 Å². The molecule has 0 radical (unpaired) electrons. The highest BCUT2D eigenvalue weighted by Gasteiger charge is 2.38. The lowest BCUT2D eigenvalue weighted by Crippen LogP contribution is -2.46. The van der Waals surface area contributed by atoms with Crippen molar-refractivity contribution in [1.82, 2.24) is 0 Å². The molecule has 0 aromatic heterocycles. The van der Waals surface area contributed by atoms with Gasteiger partial charge >= 0.3 is 23.9 Å². The van der Waals surface area contributed by atoms with Crippen LogP contribution in [0.2, 0.25) is 0 Å². The van der Waals surface area contributed by atoms with E-state index in [1.54, 1.807) is 0 Å². The minimum Gasteiger partial charge on any atom is -0.463 e. The zero-order valence-electron chi connectivity index (χ0n) is 17.8. The highest BCUT2D eigenvalue weighted by molar-refractivity contribution is 5.71. The van der Waals surface area contributed by atoms with Gasteiger partial charge in [-0.05, 0) is 0 Å².